The van der Waals surface area contributed by atoms with Gasteiger partial charge in [0, 0.05) is 11.4 Å². The smallest absolute Gasteiger partial charge is 0.0545 e. The second-order valence-corrected chi connectivity index (χ2v) is 13.5. The Hall–Kier alpha value is -3.07. The van der Waals surface area contributed by atoms with E-state index in [2.05, 4.69) is 120 Å². The molecule has 0 atom stereocenters. The summed E-state index contributed by atoms with van der Waals surface area (Å²) >= 11 is 0. The molecule has 216 valence electrons. The van der Waals surface area contributed by atoms with Crippen LogP contribution in [0, 0.1) is 17.2 Å². The first-order valence-corrected chi connectivity index (χ1v) is 15.2. The molecule has 0 fully saturated rings. The Morgan fingerprint density at radius 3 is 1.00 bits per heavy atom. The van der Waals surface area contributed by atoms with Gasteiger partial charge in [-0.15, -0.1) is 0 Å². The number of nitrogens with one attached hydrogen (secondary N) is 1. The minimum atomic E-state index is 0.255. The summed E-state index contributed by atoms with van der Waals surface area (Å²) in [5.41, 5.74) is 28.1. The molecule has 0 radical (unpaired) electrons. The lowest BCUT2D eigenvalue weighted by Gasteiger charge is -2.34. The van der Waals surface area contributed by atoms with Crippen LogP contribution in [0.2, 0.25) is 0 Å². The SMILES string of the molecule is CC(C)C1=CC(=N)C=C(C(C)C)C1=C(c1c(C(C)C)cc(N)cc1C(C)C)c1c(C(C)C)cc(N)cc1C(C)C. The molecule has 0 saturated heterocycles. The summed E-state index contributed by atoms with van der Waals surface area (Å²) in [4.78, 5) is 0. The maximum atomic E-state index is 8.77. The van der Waals surface area contributed by atoms with E-state index in [1.807, 2.05) is 0 Å². The van der Waals surface area contributed by atoms with Gasteiger partial charge in [-0.3, -0.25) is 0 Å². The van der Waals surface area contributed by atoms with E-state index in [0.717, 1.165) is 11.4 Å². The Labute approximate surface area is 244 Å². The van der Waals surface area contributed by atoms with Crippen LogP contribution in [0.25, 0.3) is 5.57 Å². The van der Waals surface area contributed by atoms with Crippen molar-refractivity contribution in [3.63, 3.8) is 0 Å². The number of hydrogen-bond donors (Lipinski definition) is 3. The lowest BCUT2D eigenvalue weighted by Crippen LogP contribution is -2.18. The third-order valence-electron chi connectivity index (χ3n) is 8.12. The zero-order valence-corrected chi connectivity index (χ0v) is 27.1. The topological polar surface area (TPSA) is 75.9 Å². The first-order valence-electron chi connectivity index (χ1n) is 15.2. The maximum Gasteiger partial charge on any atom is 0.0545 e. The van der Waals surface area contributed by atoms with Crippen LogP contribution in [0.3, 0.4) is 0 Å². The predicted molar refractivity (Wildman–Crippen MR) is 178 cm³/mol. The summed E-state index contributed by atoms with van der Waals surface area (Å²) in [6.07, 6.45) is 4.18. The quantitative estimate of drug-likeness (QED) is 0.292. The van der Waals surface area contributed by atoms with Gasteiger partial charge in [-0.2, -0.15) is 0 Å². The van der Waals surface area contributed by atoms with Crippen molar-refractivity contribution >= 4 is 22.7 Å². The van der Waals surface area contributed by atoms with Gasteiger partial charge in [0.1, 0.15) is 0 Å². The van der Waals surface area contributed by atoms with Crippen molar-refractivity contribution in [3.8, 4) is 0 Å². The van der Waals surface area contributed by atoms with Crippen molar-refractivity contribution in [2.45, 2.75) is 107 Å². The normalized spacial score (nSPS) is 14.3. The van der Waals surface area contributed by atoms with Crippen LogP contribution < -0.4 is 11.5 Å². The van der Waals surface area contributed by atoms with E-state index in [-0.39, 0.29) is 35.5 Å². The molecule has 0 unspecified atom stereocenters. The lowest BCUT2D eigenvalue weighted by molar-refractivity contribution is 0.738. The number of rotatable bonds is 8. The summed E-state index contributed by atoms with van der Waals surface area (Å²) in [7, 11) is 0. The van der Waals surface area contributed by atoms with Crippen molar-refractivity contribution in [3.05, 3.63) is 86.5 Å². The average Bonchev–Trinajstić information content (AvgIpc) is 2.84. The van der Waals surface area contributed by atoms with E-state index in [1.54, 1.807) is 0 Å². The summed E-state index contributed by atoms with van der Waals surface area (Å²) < 4.78 is 0. The molecular weight excluding hydrogens is 486 g/mol. The molecule has 3 nitrogen and oxygen atoms in total. The fraction of sp³-hybridized carbons (Fsp3) is 0.486. The van der Waals surface area contributed by atoms with Gasteiger partial charge in [-0.25, -0.2) is 0 Å². The molecule has 40 heavy (non-hydrogen) atoms. The molecule has 2 aromatic rings. The fourth-order valence-corrected chi connectivity index (χ4v) is 6.08. The fourth-order valence-electron chi connectivity index (χ4n) is 6.08. The van der Waals surface area contributed by atoms with Crippen molar-refractivity contribution in [1.82, 2.24) is 0 Å². The second-order valence-electron chi connectivity index (χ2n) is 13.5. The van der Waals surface area contributed by atoms with Crippen LogP contribution >= 0.6 is 0 Å². The van der Waals surface area contributed by atoms with Gasteiger partial charge >= 0.3 is 0 Å². The first kappa shape index (κ1) is 31.5. The molecule has 0 aliphatic heterocycles. The maximum absolute atomic E-state index is 8.77. The number of hydrogen-bond acceptors (Lipinski definition) is 3. The highest BCUT2D eigenvalue weighted by atomic mass is 14.6. The third kappa shape index (κ3) is 6.14. The standard InChI is InChI=1S/C37H53N3/c1-19(2)28-13-25(38)14-29(20(3)4)34(28)37(35-30(21(5)6)15-26(39)16-31(35)22(7)8)36-32(23(9)10)17-27(40)18-33(36)24(11)12/h13-24,38H,39-40H2,1-12H3. The number of nitrogen functional groups attached to an aromatic ring is 2. The van der Waals surface area contributed by atoms with E-state index in [4.69, 9.17) is 16.9 Å². The summed E-state index contributed by atoms with van der Waals surface area (Å²) in [5, 5.41) is 8.77. The van der Waals surface area contributed by atoms with Gasteiger partial charge in [-0.1, -0.05) is 83.1 Å². The molecule has 0 amide bonds. The minimum absolute atomic E-state index is 0.255. The Morgan fingerprint density at radius 2 is 0.775 bits per heavy atom. The van der Waals surface area contributed by atoms with Crippen LogP contribution in [-0.2, 0) is 0 Å². The van der Waals surface area contributed by atoms with Crippen molar-refractivity contribution in [1.29, 1.82) is 5.41 Å². The first-order chi connectivity index (χ1) is 18.6. The monoisotopic (exact) mass is 539 g/mol. The summed E-state index contributed by atoms with van der Waals surface area (Å²) in [5.74, 6) is 1.64. The van der Waals surface area contributed by atoms with Gasteiger partial charge in [-0.05, 0) is 128 Å². The van der Waals surface area contributed by atoms with Crippen molar-refractivity contribution in [2.75, 3.05) is 11.5 Å². The molecule has 0 spiro atoms. The van der Waals surface area contributed by atoms with Crippen molar-refractivity contribution in [2.24, 2.45) is 11.8 Å². The van der Waals surface area contributed by atoms with Gasteiger partial charge in [0.25, 0.3) is 0 Å². The van der Waals surface area contributed by atoms with Gasteiger partial charge in [0.15, 0.2) is 0 Å². The number of benzene rings is 2. The van der Waals surface area contributed by atoms with E-state index in [9.17, 15) is 0 Å². The van der Waals surface area contributed by atoms with E-state index < -0.39 is 0 Å². The highest BCUT2D eigenvalue weighted by Gasteiger charge is 2.32. The Morgan fingerprint density at radius 1 is 0.500 bits per heavy atom. The van der Waals surface area contributed by atoms with Crippen molar-refractivity contribution < 1.29 is 0 Å². The molecule has 0 saturated carbocycles. The van der Waals surface area contributed by atoms with Crippen LogP contribution in [-0.4, -0.2) is 5.71 Å². The number of nitrogens with two attached hydrogens (primary N) is 2. The molecule has 0 heterocycles. The van der Waals surface area contributed by atoms with Crippen LogP contribution in [0.1, 0.15) is 140 Å². The van der Waals surface area contributed by atoms with Gasteiger partial charge < -0.3 is 16.9 Å². The van der Waals surface area contributed by atoms with Crippen LogP contribution in [0.4, 0.5) is 11.4 Å². The highest BCUT2D eigenvalue weighted by Crippen LogP contribution is 2.49. The summed E-state index contributed by atoms with van der Waals surface area (Å²) in [6.45, 7) is 27.2. The lowest BCUT2D eigenvalue weighted by atomic mass is 9.70. The Balaban J connectivity index is 2.84. The van der Waals surface area contributed by atoms with E-state index in [1.165, 1.54) is 55.7 Å². The molecular formula is C37H53N3. The van der Waals surface area contributed by atoms with Gasteiger partial charge in [0.2, 0.25) is 0 Å². The van der Waals surface area contributed by atoms with Crippen LogP contribution in [0.5, 0.6) is 0 Å². The van der Waals surface area contributed by atoms with Gasteiger partial charge in [0.05, 0.1) is 5.71 Å². The van der Waals surface area contributed by atoms with E-state index >= 15 is 0 Å². The second kappa shape index (κ2) is 12.2. The Kier molecular flexibility index (Phi) is 9.60. The zero-order chi connectivity index (χ0) is 30.2. The largest absolute Gasteiger partial charge is 0.399 e. The third-order valence-corrected chi connectivity index (χ3v) is 8.12. The molecule has 3 rings (SSSR count). The molecule has 0 bridgehead atoms. The highest BCUT2D eigenvalue weighted by molar-refractivity contribution is 6.08. The predicted octanol–water partition coefficient (Wildman–Crippen LogP) is 10.3. The average molecular weight is 540 g/mol. The number of allylic oxidation sites excluding steroid dienone is 5. The molecule has 0 aromatic heterocycles. The molecule has 1 aliphatic carbocycles. The van der Waals surface area contributed by atoms with Crippen LogP contribution in [0.15, 0.2) is 53.1 Å². The minimum Gasteiger partial charge on any atom is -0.399 e. The van der Waals surface area contributed by atoms with E-state index in [0.29, 0.717) is 5.71 Å². The Bertz CT molecular complexity index is 1210. The molecule has 3 heteroatoms. The zero-order valence-electron chi connectivity index (χ0n) is 27.1. The summed E-state index contributed by atoms with van der Waals surface area (Å²) in [6, 6.07) is 8.76. The molecule has 5 N–H and O–H groups in total. The number of anilines is 2. The molecule has 1 aliphatic rings. The molecule has 2 aromatic carbocycles.